The van der Waals surface area contributed by atoms with E-state index in [0.29, 0.717) is 12.5 Å². The first kappa shape index (κ1) is 24.2. The molecule has 2 nitrogen and oxygen atoms in total. The van der Waals surface area contributed by atoms with Crippen molar-refractivity contribution < 1.29 is 17.9 Å². The second-order valence-corrected chi connectivity index (χ2v) is 8.84. The Morgan fingerprint density at radius 1 is 0.765 bits per heavy atom. The van der Waals surface area contributed by atoms with Gasteiger partial charge in [0, 0.05) is 13.2 Å². The Bertz CT molecular complexity index is 995. The molecule has 3 aromatic rings. The molecule has 0 atom stereocenters. The van der Waals surface area contributed by atoms with Gasteiger partial charge in [-0.15, -0.1) is 0 Å². The van der Waals surface area contributed by atoms with Gasteiger partial charge in [0.1, 0.15) is 23.6 Å². The van der Waals surface area contributed by atoms with E-state index in [1.165, 1.54) is 36.4 Å². The van der Waals surface area contributed by atoms with Crippen LogP contribution in [-0.4, -0.2) is 31.1 Å². The average molecular weight is 466 g/mol. The zero-order valence-electron chi connectivity index (χ0n) is 19.2. The van der Waals surface area contributed by atoms with Crippen molar-refractivity contribution in [1.29, 1.82) is 0 Å². The molecule has 178 valence electrons. The first-order valence-electron chi connectivity index (χ1n) is 11.8. The van der Waals surface area contributed by atoms with Gasteiger partial charge >= 0.3 is 0 Å². The van der Waals surface area contributed by atoms with Crippen LogP contribution >= 0.6 is 0 Å². The molecule has 34 heavy (non-hydrogen) atoms. The molecule has 0 saturated carbocycles. The van der Waals surface area contributed by atoms with E-state index in [4.69, 9.17) is 4.74 Å². The third kappa shape index (κ3) is 7.05. The Morgan fingerprint density at radius 2 is 1.26 bits per heavy atom. The highest BCUT2D eigenvalue weighted by atomic mass is 19.1. The molecule has 1 fully saturated rings. The van der Waals surface area contributed by atoms with Crippen LogP contribution in [0.3, 0.4) is 0 Å². The van der Waals surface area contributed by atoms with Gasteiger partial charge in [0.15, 0.2) is 0 Å². The second-order valence-electron chi connectivity index (χ2n) is 8.84. The second kappa shape index (κ2) is 12.0. The van der Waals surface area contributed by atoms with E-state index in [9.17, 15) is 13.2 Å². The molecule has 1 heterocycles. The average Bonchev–Trinajstić information content (AvgIpc) is 2.85. The van der Waals surface area contributed by atoms with Crippen LogP contribution in [0.4, 0.5) is 13.2 Å². The molecule has 0 N–H and O–H groups in total. The quantitative estimate of drug-likeness (QED) is 0.337. The summed E-state index contributed by atoms with van der Waals surface area (Å²) in [4.78, 5) is 2.43. The lowest BCUT2D eigenvalue weighted by atomic mass is 9.93. The fourth-order valence-corrected chi connectivity index (χ4v) is 4.38. The number of nitrogens with zero attached hydrogens (tertiary/aromatic N) is 1. The SMILES string of the molecule is Fc1ccc(/C=C/CN2CCC(CCOC(c3ccc(F)cc3)c3ccc(F)cc3)CC2)cc1. The van der Waals surface area contributed by atoms with Crippen LogP contribution in [0.2, 0.25) is 0 Å². The Morgan fingerprint density at radius 3 is 1.79 bits per heavy atom. The van der Waals surface area contributed by atoms with Crippen LogP contribution in [0.1, 0.15) is 42.1 Å². The summed E-state index contributed by atoms with van der Waals surface area (Å²) in [6, 6.07) is 19.1. The number of hydrogen-bond acceptors (Lipinski definition) is 2. The summed E-state index contributed by atoms with van der Waals surface area (Å²) in [6.45, 7) is 3.56. The lowest BCUT2D eigenvalue weighted by molar-refractivity contribution is 0.0609. The number of likely N-dealkylation sites (tertiary alicyclic amines) is 1. The van der Waals surface area contributed by atoms with Crippen LogP contribution < -0.4 is 0 Å². The van der Waals surface area contributed by atoms with Crippen molar-refractivity contribution >= 4 is 6.08 Å². The zero-order chi connectivity index (χ0) is 23.8. The topological polar surface area (TPSA) is 12.5 Å². The van der Waals surface area contributed by atoms with E-state index in [0.717, 1.165) is 55.6 Å². The van der Waals surface area contributed by atoms with E-state index in [1.54, 1.807) is 36.4 Å². The van der Waals surface area contributed by atoms with Crippen LogP contribution in [0.5, 0.6) is 0 Å². The van der Waals surface area contributed by atoms with Crippen molar-refractivity contribution in [2.75, 3.05) is 26.2 Å². The number of hydrogen-bond donors (Lipinski definition) is 0. The molecule has 1 saturated heterocycles. The lowest BCUT2D eigenvalue weighted by Gasteiger charge is -2.31. The largest absolute Gasteiger partial charge is 0.369 e. The predicted molar refractivity (Wildman–Crippen MR) is 130 cm³/mol. The van der Waals surface area contributed by atoms with Crippen LogP contribution in [0.25, 0.3) is 6.08 Å². The Kier molecular flexibility index (Phi) is 8.56. The highest BCUT2D eigenvalue weighted by Gasteiger charge is 2.20. The lowest BCUT2D eigenvalue weighted by Crippen LogP contribution is -2.34. The normalized spacial score (nSPS) is 15.4. The summed E-state index contributed by atoms with van der Waals surface area (Å²) in [6.07, 6.45) is 7.00. The first-order chi connectivity index (χ1) is 16.6. The van der Waals surface area contributed by atoms with Gasteiger partial charge in [-0.1, -0.05) is 48.6 Å². The predicted octanol–water partition coefficient (Wildman–Crippen LogP) is 7.03. The first-order valence-corrected chi connectivity index (χ1v) is 11.8. The number of ether oxygens (including phenoxy) is 1. The molecule has 1 aliphatic heterocycles. The third-order valence-electron chi connectivity index (χ3n) is 6.41. The summed E-state index contributed by atoms with van der Waals surface area (Å²) < 4.78 is 46.0. The fraction of sp³-hybridized carbons (Fsp3) is 0.310. The molecule has 0 spiro atoms. The Balaban J connectivity index is 1.24. The van der Waals surface area contributed by atoms with Crippen molar-refractivity contribution in [2.24, 2.45) is 5.92 Å². The van der Waals surface area contributed by atoms with Gasteiger partial charge in [0.25, 0.3) is 0 Å². The van der Waals surface area contributed by atoms with Crippen molar-refractivity contribution in [3.63, 3.8) is 0 Å². The summed E-state index contributed by atoms with van der Waals surface area (Å²) >= 11 is 0. The van der Waals surface area contributed by atoms with E-state index < -0.39 is 0 Å². The molecule has 0 radical (unpaired) electrons. The van der Waals surface area contributed by atoms with Crippen molar-refractivity contribution in [2.45, 2.75) is 25.4 Å². The van der Waals surface area contributed by atoms with E-state index in [-0.39, 0.29) is 23.6 Å². The summed E-state index contributed by atoms with van der Waals surface area (Å²) in [7, 11) is 0. The van der Waals surface area contributed by atoms with Crippen LogP contribution in [0.15, 0.2) is 78.9 Å². The summed E-state index contributed by atoms with van der Waals surface area (Å²) in [5.41, 5.74) is 2.72. The molecule has 0 bridgehead atoms. The molecule has 0 aromatic heterocycles. The van der Waals surface area contributed by atoms with Gasteiger partial charge in [-0.25, -0.2) is 13.2 Å². The van der Waals surface area contributed by atoms with Gasteiger partial charge in [-0.3, -0.25) is 4.90 Å². The van der Waals surface area contributed by atoms with Gasteiger partial charge in [0.05, 0.1) is 0 Å². The van der Waals surface area contributed by atoms with Gasteiger partial charge in [-0.2, -0.15) is 0 Å². The van der Waals surface area contributed by atoms with Gasteiger partial charge in [-0.05, 0) is 91.4 Å². The van der Waals surface area contributed by atoms with E-state index in [2.05, 4.69) is 11.0 Å². The van der Waals surface area contributed by atoms with Crippen molar-refractivity contribution in [3.8, 4) is 0 Å². The number of benzene rings is 3. The Labute approximate surface area is 199 Å². The smallest absolute Gasteiger partial charge is 0.123 e. The monoisotopic (exact) mass is 465 g/mol. The maximum absolute atomic E-state index is 13.4. The summed E-state index contributed by atoms with van der Waals surface area (Å²) in [5, 5.41) is 0. The number of rotatable bonds is 9. The Hall–Kier alpha value is -2.89. The van der Waals surface area contributed by atoms with Gasteiger partial charge < -0.3 is 4.74 Å². The fourth-order valence-electron chi connectivity index (χ4n) is 4.38. The van der Waals surface area contributed by atoms with E-state index >= 15 is 0 Å². The standard InChI is InChI=1S/C29H30F3NO/c30-26-9-3-22(4-10-26)2-1-18-33-19-15-23(16-20-33)17-21-34-29(24-5-11-27(31)12-6-24)25-7-13-28(32)14-8-25/h1-14,23,29H,15-21H2/b2-1+. The maximum atomic E-state index is 13.4. The molecule has 5 heteroatoms. The summed E-state index contributed by atoms with van der Waals surface area (Å²) in [5.74, 6) is -0.203. The van der Waals surface area contributed by atoms with Crippen molar-refractivity contribution in [1.82, 2.24) is 4.90 Å². The minimum absolute atomic E-state index is 0.218. The minimum Gasteiger partial charge on any atom is -0.369 e. The van der Waals surface area contributed by atoms with Crippen molar-refractivity contribution in [3.05, 3.63) is 113 Å². The van der Waals surface area contributed by atoms with Crippen LogP contribution in [0, 0.1) is 23.4 Å². The minimum atomic E-state index is -0.349. The molecular formula is C29H30F3NO. The highest BCUT2D eigenvalue weighted by molar-refractivity contribution is 5.48. The maximum Gasteiger partial charge on any atom is 0.123 e. The molecule has 0 aliphatic carbocycles. The van der Waals surface area contributed by atoms with E-state index in [1.807, 2.05) is 6.08 Å². The molecule has 4 rings (SSSR count). The molecular weight excluding hydrogens is 435 g/mol. The number of piperidine rings is 1. The molecule has 0 amide bonds. The zero-order valence-corrected chi connectivity index (χ0v) is 19.2. The highest BCUT2D eigenvalue weighted by Crippen LogP contribution is 2.28. The number of halogens is 3. The third-order valence-corrected chi connectivity index (χ3v) is 6.41. The molecule has 0 unspecified atom stereocenters. The molecule has 3 aromatic carbocycles. The van der Waals surface area contributed by atoms with Crippen LogP contribution in [-0.2, 0) is 4.74 Å². The van der Waals surface area contributed by atoms with Gasteiger partial charge in [0.2, 0.25) is 0 Å². The molecule has 1 aliphatic rings.